The van der Waals surface area contributed by atoms with Gasteiger partial charge >= 0.3 is 0 Å². The van der Waals surface area contributed by atoms with Crippen LogP contribution in [0, 0.1) is 5.92 Å². The lowest BCUT2D eigenvalue weighted by Crippen LogP contribution is -2.47. The van der Waals surface area contributed by atoms with E-state index in [1.807, 2.05) is 6.92 Å². The molecule has 18 heavy (non-hydrogen) atoms. The second-order valence-electron chi connectivity index (χ2n) is 5.42. The highest BCUT2D eigenvalue weighted by Crippen LogP contribution is 2.15. The summed E-state index contributed by atoms with van der Waals surface area (Å²) in [4.78, 5) is 17.0. The summed E-state index contributed by atoms with van der Waals surface area (Å²) in [5, 5.41) is 3.27. The second kappa shape index (κ2) is 7.74. The van der Waals surface area contributed by atoms with Crippen LogP contribution < -0.4 is 5.32 Å². The van der Waals surface area contributed by atoms with Gasteiger partial charge in [-0.15, -0.1) is 0 Å². The van der Waals surface area contributed by atoms with Gasteiger partial charge in [0, 0.05) is 31.6 Å². The number of nitrogens with zero attached hydrogens (tertiary/aromatic N) is 2. The highest BCUT2D eigenvalue weighted by Gasteiger charge is 2.28. The zero-order valence-electron chi connectivity index (χ0n) is 12.4. The Hall–Kier alpha value is -0.610. The summed E-state index contributed by atoms with van der Waals surface area (Å²) >= 11 is 0. The molecule has 1 aliphatic rings. The van der Waals surface area contributed by atoms with Crippen LogP contribution in [0.25, 0.3) is 0 Å². The van der Waals surface area contributed by atoms with Gasteiger partial charge in [-0.1, -0.05) is 20.8 Å². The zero-order valence-corrected chi connectivity index (χ0v) is 12.4. The van der Waals surface area contributed by atoms with E-state index in [2.05, 4.69) is 36.0 Å². The fraction of sp³-hybridized carbons (Fsp3) is 0.929. The van der Waals surface area contributed by atoms with Crippen LogP contribution >= 0.6 is 0 Å². The third-order valence-corrected chi connectivity index (χ3v) is 3.78. The first-order valence-corrected chi connectivity index (χ1v) is 7.29. The van der Waals surface area contributed by atoms with Gasteiger partial charge in [0.05, 0.1) is 0 Å². The van der Waals surface area contributed by atoms with Crippen molar-refractivity contribution in [2.24, 2.45) is 5.92 Å². The molecule has 1 saturated heterocycles. The average molecular weight is 255 g/mol. The summed E-state index contributed by atoms with van der Waals surface area (Å²) in [6.07, 6.45) is 2.14. The van der Waals surface area contributed by atoms with Gasteiger partial charge in [-0.2, -0.15) is 0 Å². The normalized spacial score (nSPS) is 23.8. The van der Waals surface area contributed by atoms with E-state index in [4.69, 9.17) is 0 Å². The molecule has 0 aromatic rings. The summed E-state index contributed by atoms with van der Waals surface area (Å²) in [5.74, 6) is 0.403. The Bertz CT molecular complexity index is 257. The Labute approximate surface area is 112 Å². The lowest BCUT2D eigenvalue weighted by Gasteiger charge is -2.32. The number of likely N-dealkylation sites (N-methyl/N-ethyl adjacent to an activating group) is 1. The maximum atomic E-state index is 12.5. The van der Waals surface area contributed by atoms with Crippen molar-refractivity contribution in [3.8, 4) is 0 Å². The van der Waals surface area contributed by atoms with Crippen molar-refractivity contribution in [1.82, 2.24) is 15.1 Å². The Morgan fingerprint density at radius 3 is 2.72 bits per heavy atom. The summed E-state index contributed by atoms with van der Waals surface area (Å²) in [6.45, 7) is 11.0. The smallest absolute Gasteiger partial charge is 0.226 e. The quantitative estimate of drug-likeness (QED) is 0.801. The number of rotatable bonds is 5. The van der Waals surface area contributed by atoms with Gasteiger partial charge in [-0.25, -0.2) is 0 Å². The predicted molar refractivity (Wildman–Crippen MR) is 75.6 cm³/mol. The number of hydrogen-bond acceptors (Lipinski definition) is 3. The van der Waals surface area contributed by atoms with E-state index in [9.17, 15) is 4.79 Å². The molecule has 0 aromatic heterocycles. The minimum absolute atomic E-state index is 0.0856. The number of nitrogens with one attached hydrogen (secondary N) is 1. The maximum Gasteiger partial charge on any atom is 0.226 e. The van der Waals surface area contributed by atoms with E-state index in [0.29, 0.717) is 11.9 Å². The summed E-state index contributed by atoms with van der Waals surface area (Å²) < 4.78 is 0. The van der Waals surface area contributed by atoms with Gasteiger partial charge in [0.2, 0.25) is 5.91 Å². The van der Waals surface area contributed by atoms with Crippen molar-refractivity contribution in [2.75, 3.05) is 39.8 Å². The van der Waals surface area contributed by atoms with E-state index >= 15 is 0 Å². The molecule has 1 rings (SSSR count). The minimum Gasteiger partial charge on any atom is -0.338 e. The molecule has 1 heterocycles. The molecule has 0 spiro atoms. The van der Waals surface area contributed by atoms with Crippen LogP contribution in [0.4, 0.5) is 0 Å². The standard InChI is InChI=1S/C14H29N3O/c1-5-13-11-16(4)8-7-9-17(13)14(18)12(3)10-15-6-2/h12-13,15H,5-11H2,1-4H3. The monoisotopic (exact) mass is 255 g/mol. The third-order valence-electron chi connectivity index (χ3n) is 3.78. The molecule has 1 N–H and O–H groups in total. The van der Waals surface area contributed by atoms with Gasteiger partial charge in [0.15, 0.2) is 0 Å². The molecular formula is C14H29N3O. The van der Waals surface area contributed by atoms with Crippen LogP contribution in [-0.4, -0.2) is 61.5 Å². The SMILES string of the molecule is CCNCC(C)C(=O)N1CCCN(C)CC1CC. The van der Waals surface area contributed by atoms with Gasteiger partial charge in [0.25, 0.3) is 0 Å². The van der Waals surface area contributed by atoms with E-state index in [0.717, 1.165) is 45.6 Å². The van der Waals surface area contributed by atoms with Crippen molar-refractivity contribution in [3.05, 3.63) is 0 Å². The lowest BCUT2D eigenvalue weighted by atomic mass is 10.1. The van der Waals surface area contributed by atoms with Crippen molar-refractivity contribution < 1.29 is 4.79 Å². The van der Waals surface area contributed by atoms with Crippen LogP contribution in [0.15, 0.2) is 0 Å². The molecular weight excluding hydrogens is 226 g/mol. The van der Waals surface area contributed by atoms with Crippen LogP contribution in [-0.2, 0) is 4.79 Å². The molecule has 106 valence electrons. The minimum atomic E-state index is 0.0856. The Morgan fingerprint density at radius 2 is 2.11 bits per heavy atom. The second-order valence-corrected chi connectivity index (χ2v) is 5.42. The zero-order chi connectivity index (χ0) is 13.5. The molecule has 1 amide bonds. The van der Waals surface area contributed by atoms with Gasteiger partial charge in [-0.3, -0.25) is 4.79 Å². The van der Waals surface area contributed by atoms with Crippen LogP contribution in [0.3, 0.4) is 0 Å². The molecule has 0 radical (unpaired) electrons. The van der Waals surface area contributed by atoms with Gasteiger partial charge < -0.3 is 15.1 Å². The largest absolute Gasteiger partial charge is 0.338 e. The van der Waals surface area contributed by atoms with Crippen LogP contribution in [0.2, 0.25) is 0 Å². The molecule has 2 unspecified atom stereocenters. The van der Waals surface area contributed by atoms with E-state index in [1.54, 1.807) is 0 Å². The van der Waals surface area contributed by atoms with E-state index in [-0.39, 0.29) is 5.92 Å². The third kappa shape index (κ3) is 4.25. The van der Waals surface area contributed by atoms with Crippen molar-refractivity contribution in [1.29, 1.82) is 0 Å². The highest BCUT2D eigenvalue weighted by atomic mass is 16.2. The first-order chi connectivity index (χ1) is 8.60. The fourth-order valence-corrected chi connectivity index (χ4v) is 2.61. The molecule has 1 aliphatic heterocycles. The highest BCUT2D eigenvalue weighted by molar-refractivity contribution is 5.79. The topological polar surface area (TPSA) is 35.6 Å². The molecule has 0 saturated carbocycles. The van der Waals surface area contributed by atoms with Gasteiger partial charge in [-0.05, 0) is 33.0 Å². The molecule has 0 aromatic carbocycles. The van der Waals surface area contributed by atoms with Crippen molar-refractivity contribution in [2.45, 2.75) is 39.7 Å². The molecule has 0 bridgehead atoms. The number of carbonyl (C=O) groups is 1. The first-order valence-electron chi connectivity index (χ1n) is 7.29. The van der Waals surface area contributed by atoms with Crippen molar-refractivity contribution >= 4 is 5.91 Å². The number of carbonyl (C=O) groups excluding carboxylic acids is 1. The van der Waals surface area contributed by atoms with Gasteiger partial charge in [0.1, 0.15) is 0 Å². The fourth-order valence-electron chi connectivity index (χ4n) is 2.61. The Balaban J connectivity index is 2.62. The van der Waals surface area contributed by atoms with Crippen LogP contribution in [0.5, 0.6) is 0 Å². The molecule has 4 nitrogen and oxygen atoms in total. The maximum absolute atomic E-state index is 12.5. The summed E-state index contributed by atoms with van der Waals surface area (Å²) in [5.41, 5.74) is 0. The first kappa shape index (κ1) is 15.4. The van der Waals surface area contributed by atoms with E-state index < -0.39 is 0 Å². The number of hydrogen-bond donors (Lipinski definition) is 1. The molecule has 4 heteroatoms. The van der Waals surface area contributed by atoms with Crippen LogP contribution in [0.1, 0.15) is 33.6 Å². The summed E-state index contributed by atoms with van der Waals surface area (Å²) in [7, 11) is 2.15. The predicted octanol–water partition coefficient (Wildman–Crippen LogP) is 1.17. The summed E-state index contributed by atoms with van der Waals surface area (Å²) in [6, 6.07) is 0.383. The lowest BCUT2D eigenvalue weighted by molar-refractivity contribution is -0.137. The average Bonchev–Trinajstić information content (AvgIpc) is 2.56. The molecule has 2 atom stereocenters. The molecule has 0 aliphatic carbocycles. The Morgan fingerprint density at radius 1 is 1.39 bits per heavy atom. The number of amides is 1. The van der Waals surface area contributed by atoms with E-state index in [1.165, 1.54) is 0 Å². The Kier molecular flexibility index (Phi) is 6.65. The van der Waals surface area contributed by atoms with Crippen molar-refractivity contribution in [3.63, 3.8) is 0 Å². The molecule has 1 fully saturated rings.